The minimum absolute atomic E-state index is 0.0264. The minimum atomic E-state index is -3.04. The zero-order chi connectivity index (χ0) is 18.6. The molecule has 0 radical (unpaired) electrons. The van der Waals surface area contributed by atoms with Gasteiger partial charge in [-0.05, 0) is 47.4 Å². The third-order valence-electron chi connectivity index (χ3n) is 3.82. The molecule has 0 amide bonds. The highest BCUT2D eigenvalue weighted by atomic mass is 32.2. The predicted octanol–water partition coefficient (Wildman–Crippen LogP) is 2.87. The topological polar surface area (TPSA) is 70.6 Å². The lowest BCUT2D eigenvalue weighted by Gasteiger charge is -2.16. The largest absolute Gasteiger partial charge is 0.333 e. The maximum atomic E-state index is 13.2. The van der Waals surface area contributed by atoms with Crippen LogP contribution in [0, 0.1) is 5.82 Å². The number of anilines is 1. The second-order valence-electron chi connectivity index (χ2n) is 6.31. The lowest BCUT2D eigenvalue weighted by molar-refractivity contribution is 0.601. The molecule has 136 valence electrons. The van der Waals surface area contributed by atoms with E-state index in [4.69, 9.17) is 0 Å². The van der Waals surface area contributed by atoms with Crippen molar-refractivity contribution in [3.8, 4) is 0 Å². The highest BCUT2D eigenvalue weighted by Gasteiger charge is 2.09. The molecule has 1 aliphatic rings. The van der Waals surface area contributed by atoms with Crippen molar-refractivity contribution in [3.05, 3.63) is 77.2 Å². The molecule has 0 atom stereocenters. The van der Waals surface area contributed by atoms with Crippen LogP contribution in [0.5, 0.6) is 0 Å². The van der Waals surface area contributed by atoms with Crippen molar-refractivity contribution in [2.24, 2.45) is 4.99 Å². The Balaban J connectivity index is 1.55. The van der Waals surface area contributed by atoms with E-state index in [0.717, 1.165) is 22.4 Å². The number of aliphatic imine (C=N–C) groups is 1. The number of sulfone groups is 1. The van der Waals surface area contributed by atoms with Crippen molar-refractivity contribution in [2.75, 3.05) is 18.1 Å². The normalized spacial score (nSPS) is 14.2. The fourth-order valence-corrected chi connectivity index (χ4v) is 3.46. The number of halogens is 1. The zero-order valence-corrected chi connectivity index (χ0v) is 15.2. The maximum absolute atomic E-state index is 13.2. The van der Waals surface area contributed by atoms with E-state index >= 15 is 0 Å². The van der Waals surface area contributed by atoms with Crippen molar-refractivity contribution in [1.82, 2.24) is 5.32 Å². The molecule has 0 fully saturated rings. The SMILES string of the molecule is CS(=O)(=O)Cc1ccc(NC2=NCC(Cc3cccc(F)c3)=CN2)cc1. The standard InChI is InChI=1S/C19H20FN3O2S/c1-26(24,25)13-14-5-7-18(8-6-14)23-19-21-11-16(12-22-19)9-15-3-2-4-17(20)10-15/h2-8,10-11H,9,12-13H2,1H3,(H2,21,22,23). The van der Waals surface area contributed by atoms with Crippen molar-refractivity contribution >= 4 is 21.5 Å². The summed E-state index contributed by atoms with van der Waals surface area (Å²) in [5.74, 6) is 0.402. The van der Waals surface area contributed by atoms with Gasteiger partial charge in [0.1, 0.15) is 5.82 Å². The molecule has 0 aromatic heterocycles. The highest BCUT2D eigenvalue weighted by molar-refractivity contribution is 7.89. The molecule has 5 nitrogen and oxygen atoms in total. The number of nitrogens with zero attached hydrogens (tertiary/aromatic N) is 1. The molecule has 7 heteroatoms. The van der Waals surface area contributed by atoms with Crippen LogP contribution in [0.15, 0.2) is 65.3 Å². The lowest BCUT2D eigenvalue weighted by atomic mass is 10.1. The van der Waals surface area contributed by atoms with Gasteiger partial charge in [-0.25, -0.2) is 17.8 Å². The molecule has 2 aromatic rings. The summed E-state index contributed by atoms with van der Waals surface area (Å²) in [5, 5.41) is 6.24. The van der Waals surface area contributed by atoms with E-state index in [1.54, 1.807) is 18.2 Å². The van der Waals surface area contributed by atoms with Gasteiger partial charge < -0.3 is 10.6 Å². The number of benzene rings is 2. The Labute approximate surface area is 152 Å². The molecule has 2 aromatic carbocycles. The van der Waals surface area contributed by atoms with Gasteiger partial charge in [0.05, 0.1) is 12.3 Å². The molecule has 0 saturated carbocycles. The van der Waals surface area contributed by atoms with Crippen molar-refractivity contribution in [1.29, 1.82) is 0 Å². The fourth-order valence-electron chi connectivity index (χ4n) is 2.66. The van der Waals surface area contributed by atoms with Gasteiger partial charge in [0.2, 0.25) is 0 Å². The van der Waals surface area contributed by atoms with Crippen LogP contribution in [0.25, 0.3) is 0 Å². The van der Waals surface area contributed by atoms with E-state index in [0.29, 0.717) is 18.9 Å². The summed E-state index contributed by atoms with van der Waals surface area (Å²) >= 11 is 0. The van der Waals surface area contributed by atoms with Gasteiger partial charge in [-0.3, -0.25) is 0 Å². The smallest absolute Gasteiger partial charge is 0.200 e. The zero-order valence-electron chi connectivity index (χ0n) is 14.4. The van der Waals surface area contributed by atoms with E-state index in [1.165, 1.54) is 18.4 Å². The van der Waals surface area contributed by atoms with Gasteiger partial charge in [-0.15, -0.1) is 0 Å². The first-order valence-electron chi connectivity index (χ1n) is 8.14. The summed E-state index contributed by atoms with van der Waals surface area (Å²) in [6.45, 7) is 0.526. The summed E-state index contributed by atoms with van der Waals surface area (Å²) in [7, 11) is -3.04. The Morgan fingerprint density at radius 2 is 1.92 bits per heavy atom. The molecule has 0 spiro atoms. The predicted molar refractivity (Wildman–Crippen MR) is 102 cm³/mol. The average Bonchev–Trinajstić information content (AvgIpc) is 2.57. The van der Waals surface area contributed by atoms with Crippen molar-refractivity contribution < 1.29 is 12.8 Å². The molecule has 2 N–H and O–H groups in total. The summed E-state index contributed by atoms with van der Waals surface area (Å²) in [5.41, 5.74) is 3.53. The summed E-state index contributed by atoms with van der Waals surface area (Å²) < 4.78 is 35.9. The minimum Gasteiger partial charge on any atom is -0.333 e. The van der Waals surface area contributed by atoms with Crippen molar-refractivity contribution in [2.45, 2.75) is 12.2 Å². The highest BCUT2D eigenvalue weighted by Crippen LogP contribution is 2.14. The molecule has 0 unspecified atom stereocenters. The summed E-state index contributed by atoms with van der Waals surface area (Å²) in [6.07, 6.45) is 3.73. The molecule has 0 saturated heterocycles. The van der Waals surface area contributed by atoms with Gasteiger partial charge in [0.25, 0.3) is 0 Å². The van der Waals surface area contributed by atoms with Crippen LogP contribution >= 0.6 is 0 Å². The Bertz CT molecular complexity index is 951. The Hall–Kier alpha value is -2.67. The monoisotopic (exact) mass is 373 g/mol. The fraction of sp³-hybridized carbons (Fsp3) is 0.211. The summed E-state index contributed by atoms with van der Waals surface area (Å²) in [6, 6.07) is 13.7. The van der Waals surface area contributed by atoms with E-state index in [9.17, 15) is 12.8 Å². The molecule has 1 heterocycles. The summed E-state index contributed by atoms with van der Waals surface area (Å²) in [4.78, 5) is 4.44. The molecular formula is C19H20FN3O2S. The van der Waals surface area contributed by atoms with Gasteiger partial charge in [0, 0.05) is 18.1 Å². The van der Waals surface area contributed by atoms with Crippen molar-refractivity contribution in [3.63, 3.8) is 0 Å². The number of nitrogens with one attached hydrogen (secondary N) is 2. The Kier molecular flexibility index (Phi) is 5.37. The van der Waals surface area contributed by atoms with Crippen LogP contribution in [0.4, 0.5) is 10.1 Å². The number of rotatable bonds is 5. The van der Waals surface area contributed by atoms with Crippen LogP contribution in [-0.2, 0) is 22.0 Å². The first kappa shape index (κ1) is 18.1. The van der Waals surface area contributed by atoms with Gasteiger partial charge in [0.15, 0.2) is 15.8 Å². The average molecular weight is 373 g/mol. The molecular weight excluding hydrogens is 353 g/mol. The second-order valence-corrected chi connectivity index (χ2v) is 8.45. The first-order chi connectivity index (χ1) is 12.4. The van der Waals surface area contributed by atoms with Crippen LogP contribution < -0.4 is 10.6 Å². The van der Waals surface area contributed by atoms with Gasteiger partial charge in [-0.1, -0.05) is 24.3 Å². The molecule has 0 bridgehead atoms. The van der Waals surface area contributed by atoms with E-state index in [-0.39, 0.29) is 11.6 Å². The quantitative estimate of drug-likeness (QED) is 0.846. The molecule has 1 aliphatic heterocycles. The third kappa shape index (κ3) is 5.42. The Morgan fingerprint density at radius 3 is 2.54 bits per heavy atom. The van der Waals surface area contributed by atoms with Gasteiger partial charge in [-0.2, -0.15) is 0 Å². The molecule has 0 aliphatic carbocycles. The number of guanidine groups is 1. The molecule has 26 heavy (non-hydrogen) atoms. The van der Waals surface area contributed by atoms with Gasteiger partial charge >= 0.3 is 0 Å². The van der Waals surface area contributed by atoms with E-state index < -0.39 is 9.84 Å². The first-order valence-corrected chi connectivity index (χ1v) is 10.2. The van der Waals surface area contributed by atoms with Crippen LogP contribution in [-0.4, -0.2) is 27.2 Å². The van der Waals surface area contributed by atoms with Crippen LogP contribution in [0.1, 0.15) is 11.1 Å². The van der Waals surface area contributed by atoms with E-state index in [2.05, 4.69) is 15.6 Å². The number of hydrogen-bond acceptors (Lipinski definition) is 5. The Morgan fingerprint density at radius 1 is 1.15 bits per heavy atom. The van der Waals surface area contributed by atoms with E-state index in [1.807, 2.05) is 24.4 Å². The van der Waals surface area contributed by atoms with Crippen LogP contribution in [0.3, 0.4) is 0 Å². The number of hydrogen-bond donors (Lipinski definition) is 2. The van der Waals surface area contributed by atoms with Crippen LogP contribution in [0.2, 0.25) is 0 Å². The third-order valence-corrected chi connectivity index (χ3v) is 4.68. The maximum Gasteiger partial charge on any atom is 0.200 e. The lowest BCUT2D eigenvalue weighted by Crippen LogP contribution is -2.30. The molecule has 3 rings (SSSR count). The second kappa shape index (κ2) is 7.70.